The second kappa shape index (κ2) is 5.58. The van der Waals surface area contributed by atoms with E-state index in [-0.39, 0.29) is 10.9 Å². The van der Waals surface area contributed by atoms with Crippen molar-refractivity contribution in [1.82, 2.24) is 0 Å². The highest BCUT2D eigenvalue weighted by atomic mass is 35.5. The van der Waals surface area contributed by atoms with Crippen molar-refractivity contribution in [3.05, 3.63) is 58.9 Å². The van der Waals surface area contributed by atoms with Crippen molar-refractivity contribution in [3.8, 4) is 11.5 Å². The molecule has 2 aromatic rings. The van der Waals surface area contributed by atoms with Crippen LogP contribution in [-0.2, 0) is 0 Å². The summed E-state index contributed by atoms with van der Waals surface area (Å²) < 4.78 is 18.4. The highest BCUT2D eigenvalue weighted by molar-refractivity contribution is 6.32. The maximum Gasteiger partial charge on any atom is 0.170 e. The SMILES string of the molecule is N/C(=N\O)c1ccc(Oc2ccc(F)cc2Cl)cc1. The van der Waals surface area contributed by atoms with Gasteiger partial charge in [0, 0.05) is 5.56 Å². The normalized spacial score (nSPS) is 11.4. The average Bonchev–Trinajstić information content (AvgIpc) is 2.42. The lowest BCUT2D eigenvalue weighted by molar-refractivity contribution is 0.318. The molecule has 98 valence electrons. The van der Waals surface area contributed by atoms with Crippen LogP contribution in [0.4, 0.5) is 4.39 Å². The molecule has 0 atom stereocenters. The van der Waals surface area contributed by atoms with E-state index in [1.54, 1.807) is 24.3 Å². The van der Waals surface area contributed by atoms with Crippen LogP contribution in [0.5, 0.6) is 11.5 Å². The van der Waals surface area contributed by atoms with E-state index in [0.717, 1.165) is 0 Å². The van der Waals surface area contributed by atoms with E-state index in [2.05, 4.69) is 5.16 Å². The van der Waals surface area contributed by atoms with Gasteiger partial charge in [-0.1, -0.05) is 16.8 Å². The lowest BCUT2D eigenvalue weighted by Crippen LogP contribution is -2.12. The van der Waals surface area contributed by atoms with Gasteiger partial charge in [0.25, 0.3) is 0 Å². The molecule has 0 amide bonds. The molecule has 6 heteroatoms. The number of nitrogens with zero attached hydrogens (tertiary/aromatic N) is 1. The first-order valence-corrected chi connectivity index (χ1v) is 5.69. The zero-order valence-electron chi connectivity index (χ0n) is 9.68. The second-order valence-corrected chi connectivity index (χ2v) is 4.09. The predicted molar refractivity (Wildman–Crippen MR) is 70.4 cm³/mol. The third kappa shape index (κ3) is 3.14. The zero-order valence-corrected chi connectivity index (χ0v) is 10.4. The van der Waals surface area contributed by atoms with Crippen molar-refractivity contribution in [1.29, 1.82) is 0 Å². The van der Waals surface area contributed by atoms with Crippen molar-refractivity contribution in [3.63, 3.8) is 0 Å². The van der Waals surface area contributed by atoms with E-state index in [9.17, 15) is 4.39 Å². The second-order valence-electron chi connectivity index (χ2n) is 3.69. The highest BCUT2D eigenvalue weighted by Gasteiger charge is 2.05. The largest absolute Gasteiger partial charge is 0.456 e. The molecule has 0 bridgehead atoms. The standard InChI is InChI=1S/C13H10ClFN2O2/c14-11-7-9(15)3-6-12(11)19-10-4-1-8(2-5-10)13(16)17-18/h1-7,18H,(H2,16,17). The van der Waals surface area contributed by atoms with E-state index in [0.29, 0.717) is 17.1 Å². The van der Waals surface area contributed by atoms with Gasteiger partial charge in [-0.3, -0.25) is 0 Å². The lowest BCUT2D eigenvalue weighted by Gasteiger charge is -2.08. The Hall–Kier alpha value is -2.27. The van der Waals surface area contributed by atoms with Gasteiger partial charge in [0.2, 0.25) is 0 Å². The summed E-state index contributed by atoms with van der Waals surface area (Å²) in [6.45, 7) is 0. The van der Waals surface area contributed by atoms with Crippen LogP contribution in [0.2, 0.25) is 5.02 Å². The fourth-order valence-corrected chi connectivity index (χ4v) is 1.64. The number of nitrogens with two attached hydrogens (primary N) is 1. The molecule has 19 heavy (non-hydrogen) atoms. The van der Waals surface area contributed by atoms with Gasteiger partial charge in [-0.25, -0.2) is 4.39 Å². The van der Waals surface area contributed by atoms with Crippen LogP contribution in [0.25, 0.3) is 0 Å². The predicted octanol–water partition coefficient (Wildman–Crippen LogP) is 3.37. The molecule has 4 nitrogen and oxygen atoms in total. The average molecular weight is 281 g/mol. The Morgan fingerprint density at radius 1 is 1.21 bits per heavy atom. The summed E-state index contributed by atoms with van der Waals surface area (Å²) in [5.41, 5.74) is 5.99. The molecule has 0 unspecified atom stereocenters. The topological polar surface area (TPSA) is 67.8 Å². The van der Waals surface area contributed by atoms with Crippen LogP contribution in [-0.4, -0.2) is 11.0 Å². The van der Waals surface area contributed by atoms with Gasteiger partial charge in [-0.15, -0.1) is 0 Å². The molecule has 0 saturated carbocycles. The lowest BCUT2D eigenvalue weighted by atomic mass is 10.2. The Morgan fingerprint density at radius 3 is 2.47 bits per heavy atom. The van der Waals surface area contributed by atoms with Crippen molar-refractivity contribution < 1.29 is 14.3 Å². The first-order valence-electron chi connectivity index (χ1n) is 5.31. The fraction of sp³-hybridized carbons (Fsp3) is 0. The maximum atomic E-state index is 12.9. The fourth-order valence-electron chi connectivity index (χ4n) is 1.44. The van der Waals surface area contributed by atoms with Crippen molar-refractivity contribution >= 4 is 17.4 Å². The Labute approximate surface area is 113 Å². The number of halogens is 2. The van der Waals surface area contributed by atoms with E-state index in [1.807, 2.05) is 0 Å². The van der Waals surface area contributed by atoms with E-state index < -0.39 is 5.82 Å². The Balaban J connectivity index is 2.20. The first-order chi connectivity index (χ1) is 9.10. The summed E-state index contributed by atoms with van der Waals surface area (Å²) in [4.78, 5) is 0. The van der Waals surface area contributed by atoms with Crippen molar-refractivity contribution in [2.24, 2.45) is 10.9 Å². The molecule has 2 rings (SSSR count). The molecule has 0 aliphatic rings. The summed E-state index contributed by atoms with van der Waals surface area (Å²) in [5.74, 6) is 0.425. The number of benzene rings is 2. The Bertz CT molecular complexity index is 615. The van der Waals surface area contributed by atoms with E-state index in [4.69, 9.17) is 27.3 Å². The number of hydrogen-bond acceptors (Lipinski definition) is 3. The number of ether oxygens (including phenoxy) is 1. The van der Waals surface area contributed by atoms with Crippen LogP contribution < -0.4 is 10.5 Å². The third-order valence-corrected chi connectivity index (χ3v) is 2.67. The molecule has 2 aromatic carbocycles. The van der Waals surface area contributed by atoms with Gasteiger partial charge in [-0.2, -0.15) is 0 Å². The third-order valence-electron chi connectivity index (χ3n) is 2.38. The summed E-state index contributed by atoms with van der Waals surface area (Å²) in [6.07, 6.45) is 0. The molecule has 0 aromatic heterocycles. The van der Waals surface area contributed by atoms with Gasteiger partial charge in [-0.05, 0) is 42.5 Å². The van der Waals surface area contributed by atoms with Crippen LogP contribution in [0.15, 0.2) is 47.6 Å². The summed E-state index contributed by atoms with van der Waals surface area (Å²) in [6, 6.07) is 10.4. The van der Waals surface area contributed by atoms with E-state index in [1.165, 1.54) is 18.2 Å². The van der Waals surface area contributed by atoms with Gasteiger partial charge in [0.15, 0.2) is 5.84 Å². The maximum absolute atomic E-state index is 12.9. The molecule has 0 heterocycles. The minimum atomic E-state index is -0.431. The van der Waals surface area contributed by atoms with Crippen LogP contribution >= 0.6 is 11.6 Å². The van der Waals surface area contributed by atoms with Crippen molar-refractivity contribution in [2.45, 2.75) is 0 Å². The first kappa shape index (κ1) is 13.2. The highest BCUT2D eigenvalue weighted by Crippen LogP contribution is 2.29. The van der Waals surface area contributed by atoms with E-state index >= 15 is 0 Å². The molecular weight excluding hydrogens is 271 g/mol. The number of oxime groups is 1. The molecule has 0 saturated heterocycles. The number of rotatable bonds is 3. The molecule has 3 N–H and O–H groups in total. The summed E-state index contributed by atoms with van der Waals surface area (Å²) in [5, 5.41) is 11.6. The summed E-state index contributed by atoms with van der Waals surface area (Å²) >= 11 is 5.85. The minimum Gasteiger partial charge on any atom is -0.456 e. The molecule has 0 spiro atoms. The number of hydrogen-bond donors (Lipinski definition) is 2. The van der Waals surface area contributed by atoms with Crippen molar-refractivity contribution in [2.75, 3.05) is 0 Å². The molecule has 0 fully saturated rings. The Kier molecular flexibility index (Phi) is 3.87. The van der Waals surface area contributed by atoms with Gasteiger partial charge in [0.05, 0.1) is 5.02 Å². The zero-order chi connectivity index (χ0) is 13.8. The molecule has 0 aliphatic carbocycles. The van der Waals surface area contributed by atoms with Crippen LogP contribution in [0.1, 0.15) is 5.56 Å². The quantitative estimate of drug-likeness (QED) is 0.392. The van der Waals surface area contributed by atoms with Gasteiger partial charge >= 0.3 is 0 Å². The molecule has 0 aliphatic heterocycles. The smallest absolute Gasteiger partial charge is 0.170 e. The summed E-state index contributed by atoms with van der Waals surface area (Å²) in [7, 11) is 0. The molecular formula is C13H10ClFN2O2. The van der Waals surface area contributed by atoms with Gasteiger partial charge < -0.3 is 15.7 Å². The minimum absolute atomic E-state index is 0.00589. The van der Waals surface area contributed by atoms with Crippen LogP contribution in [0, 0.1) is 5.82 Å². The molecule has 0 radical (unpaired) electrons. The monoisotopic (exact) mass is 280 g/mol. The Morgan fingerprint density at radius 2 is 1.89 bits per heavy atom. The number of amidine groups is 1. The van der Waals surface area contributed by atoms with Gasteiger partial charge in [0.1, 0.15) is 17.3 Å². The van der Waals surface area contributed by atoms with Crippen LogP contribution in [0.3, 0.4) is 0 Å².